The van der Waals surface area contributed by atoms with Crippen molar-refractivity contribution in [1.82, 2.24) is 9.78 Å². The zero-order valence-corrected chi connectivity index (χ0v) is 14.4. The Morgan fingerprint density at radius 3 is 2.75 bits per heavy atom. The third-order valence-electron chi connectivity index (χ3n) is 3.04. The van der Waals surface area contributed by atoms with E-state index in [0.717, 1.165) is 33.6 Å². The topological polar surface area (TPSA) is 27.1 Å². The molecule has 2 rings (SSSR count). The number of hydrogen-bond donors (Lipinski definition) is 0. The molecule has 0 unspecified atom stereocenters. The van der Waals surface area contributed by atoms with Gasteiger partial charge in [-0.2, -0.15) is 5.10 Å². The Kier molecular flexibility index (Phi) is 5.35. The fraction of sp³-hybridized carbons (Fsp3) is 0.357. The molecular weight excluding hydrogens is 363 g/mol. The van der Waals surface area contributed by atoms with Crippen LogP contribution in [0.2, 0.25) is 5.02 Å². The lowest BCUT2D eigenvalue weighted by molar-refractivity contribution is 0.294. The predicted octanol–water partition coefficient (Wildman–Crippen LogP) is 4.72. The summed E-state index contributed by atoms with van der Waals surface area (Å²) in [5, 5.41) is 5.05. The van der Waals surface area contributed by atoms with Gasteiger partial charge < -0.3 is 4.74 Å². The summed E-state index contributed by atoms with van der Waals surface area (Å²) in [4.78, 5) is 0. The molecule has 0 atom stereocenters. The monoisotopic (exact) mass is 376 g/mol. The standard InChI is InChI=1S/C14H15BrCl2N2O/c1-3-12-14(17)13(19(2)18-12)8-20-10-4-5-11(15)9(6-10)7-16/h4-6H,3,7-8H2,1-2H3. The average molecular weight is 378 g/mol. The van der Waals surface area contributed by atoms with Crippen molar-refractivity contribution in [2.75, 3.05) is 0 Å². The number of alkyl halides is 1. The molecule has 2 aromatic rings. The van der Waals surface area contributed by atoms with Crippen LogP contribution in [0.3, 0.4) is 0 Å². The van der Waals surface area contributed by atoms with Gasteiger partial charge in [0.05, 0.1) is 16.4 Å². The number of benzene rings is 1. The summed E-state index contributed by atoms with van der Waals surface area (Å²) in [6.07, 6.45) is 0.807. The van der Waals surface area contributed by atoms with Crippen molar-refractivity contribution in [3.63, 3.8) is 0 Å². The first-order chi connectivity index (χ1) is 9.56. The van der Waals surface area contributed by atoms with Crippen LogP contribution < -0.4 is 4.74 Å². The molecule has 1 heterocycles. The van der Waals surface area contributed by atoms with E-state index in [2.05, 4.69) is 21.0 Å². The lowest BCUT2D eigenvalue weighted by Crippen LogP contribution is -2.03. The first-order valence-electron chi connectivity index (χ1n) is 6.24. The molecule has 0 spiro atoms. The van der Waals surface area contributed by atoms with Crippen molar-refractivity contribution >= 4 is 39.1 Å². The molecule has 0 aliphatic heterocycles. The lowest BCUT2D eigenvalue weighted by atomic mass is 10.2. The van der Waals surface area contributed by atoms with Crippen LogP contribution in [0.1, 0.15) is 23.9 Å². The number of halogens is 3. The molecule has 0 radical (unpaired) electrons. The van der Waals surface area contributed by atoms with Crippen LogP contribution in [0.15, 0.2) is 22.7 Å². The largest absolute Gasteiger partial charge is 0.487 e. The Morgan fingerprint density at radius 2 is 2.15 bits per heavy atom. The smallest absolute Gasteiger partial charge is 0.131 e. The molecule has 0 saturated heterocycles. The molecule has 3 nitrogen and oxygen atoms in total. The number of aryl methyl sites for hydroxylation is 2. The molecule has 0 amide bonds. The van der Waals surface area contributed by atoms with Gasteiger partial charge in [-0.15, -0.1) is 11.6 Å². The predicted molar refractivity (Wildman–Crippen MR) is 85.6 cm³/mol. The lowest BCUT2D eigenvalue weighted by Gasteiger charge is -2.09. The fourth-order valence-electron chi connectivity index (χ4n) is 1.87. The van der Waals surface area contributed by atoms with E-state index in [1.165, 1.54) is 0 Å². The van der Waals surface area contributed by atoms with E-state index in [1.807, 2.05) is 32.2 Å². The highest BCUT2D eigenvalue weighted by molar-refractivity contribution is 9.10. The number of ether oxygens (including phenoxy) is 1. The summed E-state index contributed by atoms with van der Waals surface area (Å²) in [5.41, 5.74) is 2.76. The Hall–Kier alpha value is -0.710. The molecule has 0 N–H and O–H groups in total. The molecule has 0 fully saturated rings. The summed E-state index contributed by atoms with van der Waals surface area (Å²) in [6, 6.07) is 5.74. The molecule has 0 aliphatic rings. The van der Waals surface area contributed by atoms with Crippen LogP contribution >= 0.6 is 39.1 Å². The van der Waals surface area contributed by atoms with Gasteiger partial charge in [-0.05, 0) is 30.2 Å². The normalized spacial score (nSPS) is 10.8. The van der Waals surface area contributed by atoms with Crippen molar-refractivity contribution in [3.8, 4) is 5.75 Å². The van der Waals surface area contributed by atoms with Crippen LogP contribution in [-0.4, -0.2) is 9.78 Å². The van der Waals surface area contributed by atoms with Crippen molar-refractivity contribution < 1.29 is 4.74 Å². The minimum absolute atomic E-state index is 0.381. The van der Waals surface area contributed by atoms with Crippen LogP contribution in [0.25, 0.3) is 0 Å². The van der Waals surface area contributed by atoms with Gasteiger partial charge in [-0.1, -0.05) is 34.5 Å². The molecule has 1 aromatic carbocycles. The van der Waals surface area contributed by atoms with Gasteiger partial charge in [0.15, 0.2) is 0 Å². The number of hydrogen-bond acceptors (Lipinski definition) is 2. The van der Waals surface area contributed by atoms with Crippen molar-refractivity contribution in [2.24, 2.45) is 7.05 Å². The van der Waals surface area contributed by atoms with Gasteiger partial charge in [0.2, 0.25) is 0 Å². The van der Waals surface area contributed by atoms with Gasteiger partial charge in [0.25, 0.3) is 0 Å². The SMILES string of the molecule is CCc1nn(C)c(COc2ccc(Br)c(CCl)c2)c1Cl. The highest BCUT2D eigenvalue weighted by Crippen LogP contribution is 2.26. The fourth-order valence-corrected chi connectivity index (χ4v) is 2.99. The second kappa shape index (κ2) is 6.83. The van der Waals surface area contributed by atoms with Crippen molar-refractivity contribution in [1.29, 1.82) is 0 Å². The molecule has 108 valence electrons. The van der Waals surface area contributed by atoms with Crippen LogP contribution in [0.5, 0.6) is 5.75 Å². The maximum Gasteiger partial charge on any atom is 0.131 e. The summed E-state index contributed by atoms with van der Waals surface area (Å²) in [7, 11) is 1.87. The summed E-state index contributed by atoms with van der Waals surface area (Å²) < 4.78 is 8.53. The Balaban J connectivity index is 2.15. The number of rotatable bonds is 5. The highest BCUT2D eigenvalue weighted by Gasteiger charge is 2.13. The van der Waals surface area contributed by atoms with Crippen LogP contribution in [0, 0.1) is 0 Å². The van der Waals surface area contributed by atoms with E-state index in [1.54, 1.807) is 4.68 Å². The van der Waals surface area contributed by atoms with Gasteiger partial charge >= 0.3 is 0 Å². The van der Waals surface area contributed by atoms with Gasteiger partial charge in [-0.25, -0.2) is 0 Å². The zero-order valence-electron chi connectivity index (χ0n) is 11.3. The van der Waals surface area contributed by atoms with Crippen molar-refractivity contribution in [2.45, 2.75) is 25.8 Å². The first-order valence-corrected chi connectivity index (χ1v) is 7.94. The minimum Gasteiger partial charge on any atom is -0.487 e. The second-order valence-corrected chi connectivity index (χ2v) is 5.86. The summed E-state index contributed by atoms with van der Waals surface area (Å²) in [5.74, 6) is 1.20. The highest BCUT2D eigenvalue weighted by atomic mass is 79.9. The zero-order chi connectivity index (χ0) is 14.7. The molecule has 6 heteroatoms. The Labute approximate surface area is 137 Å². The molecule has 0 aliphatic carbocycles. The number of nitrogens with zero attached hydrogens (tertiary/aromatic N) is 2. The summed E-state index contributed by atoms with van der Waals surface area (Å²) in [6.45, 7) is 2.41. The van der Waals surface area contributed by atoms with Crippen molar-refractivity contribution in [3.05, 3.63) is 44.6 Å². The van der Waals surface area contributed by atoms with E-state index < -0.39 is 0 Å². The molecule has 0 saturated carbocycles. The van der Waals surface area contributed by atoms with E-state index in [4.69, 9.17) is 27.9 Å². The molecule has 1 aromatic heterocycles. The van der Waals surface area contributed by atoms with Gasteiger partial charge in [0, 0.05) is 17.4 Å². The van der Waals surface area contributed by atoms with E-state index in [-0.39, 0.29) is 0 Å². The maximum atomic E-state index is 6.29. The van der Waals surface area contributed by atoms with E-state index in [0.29, 0.717) is 17.5 Å². The van der Waals surface area contributed by atoms with E-state index >= 15 is 0 Å². The first kappa shape index (κ1) is 15.7. The summed E-state index contributed by atoms with van der Waals surface area (Å²) >= 11 is 15.6. The average Bonchev–Trinajstić information content (AvgIpc) is 2.72. The van der Waals surface area contributed by atoms with E-state index in [9.17, 15) is 0 Å². The maximum absolute atomic E-state index is 6.29. The third-order valence-corrected chi connectivity index (χ3v) is 4.54. The van der Waals surface area contributed by atoms with Gasteiger partial charge in [-0.3, -0.25) is 4.68 Å². The quantitative estimate of drug-likeness (QED) is 0.705. The molecular formula is C14H15BrCl2N2O. The van der Waals surface area contributed by atoms with Crippen LogP contribution in [-0.2, 0) is 26.0 Å². The molecule has 0 bridgehead atoms. The Bertz CT molecular complexity index is 613. The Morgan fingerprint density at radius 1 is 1.40 bits per heavy atom. The minimum atomic E-state index is 0.381. The number of aromatic nitrogens is 2. The third kappa shape index (κ3) is 3.30. The second-order valence-electron chi connectivity index (χ2n) is 4.36. The molecule has 20 heavy (non-hydrogen) atoms. The van der Waals surface area contributed by atoms with Gasteiger partial charge in [0.1, 0.15) is 12.4 Å². The van der Waals surface area contributed by atoms with Crippen LogP contribution in [0.4, 0.5) is 0 Å².